The van der Waals surface area contributed by atoms with Gasteiger partial charge in [-0.1, -0.05) is 48.0 Å². The highest BCUT2D eigenvalue weighted by Crippen LogP contribution is 2.62. The van der Waals surface area contributed by atoms with Crippen LogP contribution in [0, 0.1) is 0 Å². The molecule has 2 atom stereocenters. The standard InChI is InChI=1S/C17H11ClF3NO4S/c18-11-6-7-12-14(8-11)26-27(24,25)22-15(23)9-13(10-4-2-1-3-5-10)16(12,22)17(19,20)21/h1-8,13H,9H2/t13-,16+/m0/s1. The fourth-order valence-corrected chi connectivity index (χ4v) is 5.49. The number of carbonyl (C=O) groups is 1. The Hall–Kier alpha value is -2.26. The molecule has 0 N–H and O–H groups in total. The molecule has 5 nitrogen and oxygen atoms in total. The summed E-state index contributed by atoms with van der Waals surface area (Å²) in [6.45, 7) is 0. The molecular formula is C17H11ClF3NO4S. The number of carbonyl (C=O) groups excluding carboxylic acids is 1. The van der Waals surface area contributed by atoms with Gasteiger partial charge < -0.3 is 4.18 Å². The van der Waals surface area contributed by atoms with Crippen molar-refractivity contribution < 1.29 is 30.6 Å². The first-order valence-corrected chi connectivity index (χ1v) is 9.52. The minimum atomic E-state index is -5.10. The molecule has 0 spiro atoms. The Kier molecular flexibility index (Phi) is 3.77. The molecule has 0 bridgehead atoms. The van der Waals surface area contributed by atoms with Crippen molar-refractivity contribution in [2.24, 2.45) is 0 Å². The second-order valence-corrected chi connectivity index (χ2v) is 8.09. The third-order valence-electron chi connectivity index (χ3n) is 4.84. The summed E-state index contributed by atoms with van der Waals surface area (Å²) < 4.78 is 73.4. The van der Waals surface area contributed by atoms with Crippen LogP contribution in [0.2, 0.25) is 5.02 Å². The number of nitrogens with zero attached hydrogens (tertiary/aromatic N) is 1. The van der Waals surface area contributed by atoms with E-state index in [1.54, 1.807) is 6.07 Å². The van der Waals surface area contributed by atoms with Crippen LogP contribution in [-0.2, 0) is 20.6 Å². The van der Waals surface area contributed by atoms with Crippen molar-refractivity contribution in [3.63, 3.8) is 0 Å². The van der Waals surface area contributed by atoms with Gasteiger partial charge >= 0.3 is 16.5 Å². The molecule has 27 heavy (non-hydrogen) atoms. The summed E-state index contributed by atoms with van der Waals surface area (Å²) in [5, 5.41) is 0.00955. The van der Waals surface area contributed by atoms with Gasteiger partial charge in [-0.3, -0.25) is 4.79 Å². The molecule has 1 saturated heterocycles. The van der Waals surface area contributed by atoms with Gasteiger partial charge in [-0.25, -0.2) is 0 Å². The first kappa shape index (κ1) is 18.1. The SMILES string of the molecule is O=C1C[C@@H](c2ccccc2)[C@@]2(C(F)(F)F)c3ccc(Cl)cc3OS(=O)(=O)N12. The van der Waals surface area contributed by atoms with Gasteiger partial charge in [-0.05, 0) is 11.6 Å². The van der Waals surface area contributed by atoms with E-state index in [0.29, 0.717) is 0 Å². The lowest BCUT2D eigenvalue weighted by molar-refractivity contribution is -0.222. The zero-order valence-corrected chi connectivity index (χ0v) is 15.0. The van der Waals surface area contributed by atoms with Crippen LogP contribution < -0.4 is 4.18 Å². The first-order chi connectivity index (χ1) is 12.6. The molecule has 0 unspecified atom stereocenters. The van der Waals surface area contributed by atoms with Crippen LogP contribution in [0.3, 0.4) is 0 Å². The predicted octanol–water partition coefficient (Wildman–Crippen LogP) is 3.75. The van der Waals surface area contributed by atoms with E-state index in [-0.39, 0.29) is 14.9 Å². The number of halogens is 4. The Bertz CT molecular complexity index is 1040. The Labute approximate surface area is 157 Å². The summed E-state index contributed by atoms with van der Waals surface area (Å²) in [6.07, 6.45) is -5.73. The molecule has 0 saturated carbocycles. The maximum absolute atomic E-state index is 14.6. The molecule has 1 amide bonds. The van der Waals surface area contributed by atoms with Crippen LogP contribution in [0.1, 0.15) is 23.5 Å². The third kappa shape index (κ3) is 2.37. The van der Waals surface area contributed by atoms with Crippen LogP contribution in [0.15, 0.2) is 48.5 Å². The van der Waals surface area contributed by atoms with Gasteiger partial charge in [0, 0.05) is 29.0 Å². The molecule has 0 radical (unpaired) electrons. The lowest BCUT2D eigenvalue weighted by Crippen LogP contribution is -2.61. The number of fused-ring (bicyclic) bond motifs is 3. The van der Waals surface area contributed by atoms with Crippen molar-refractivity contribution in [3.8, 4) is 5.75 Å². The van der Waals surface area contributed by atoms with Gasteiger partial charge in [-0.2, -0.15) is 25.9 Å². The first-order valence-electron chi connectivity index (χ1n) is 7.78. The number of hydrogen-bond acceptors (Lipinski definition) is 4. The third-order valence-corrected chi connectivity index (χ3v) is 6.40. The molecule has 2 aromatic rings. The summed E-state index contributed by atoms with van der Waals surface area (Å²) >= 11 is 5.82. The second-order valence-electron chi connectivity index (χ2n) is 6.27. The van der Waals surface area contributed by atoms with Crippen molar-refractivity contribution >= 4 is 27.8 Å². The highest BCUT2D eigenvalue weighted by Gasteiger charge is 2.75. The molecule has 2 aliphatic heterocycles. The smallest absolute Gasteiger partial charge is 0.366 e. The fourth-order valence-electron chi connectivity index (χ4n) is 3.88. The minimum Gasteiger partial charge on any atom is -0.366 e. The van der Waals surface area contributed by atoms with E-state index in [4.69, 9.17) is 15.8 Å². The van der Waals surface area contributed by atoms with Gasteiger partial charge in [0.1, 0.15) is 0 Å². The zero-order chi connectivity index (χ0) is 19.6. The van der Waals surface area contributed by atoms with Crippen LogP contribution in [0.5, 0.6) is 5.75 Å². The molecule has 1 fully saturated rings. The molecule has 2 aromatic carbocycles. The molecule has 4 rings (SSSR count). The lowest BCUT2D eigenvalue weighted by atomic mass is 9.74. The number of hydrogen-bond donors (Lipinski definition) is 0. The van der Waals surface area contributed by atoms with E-state index >= 15 is 0 Å². The van der Waals surface area contributed by atoms with Gasteiger partial charge in [0.2, 0.25) is 5.91 Å². The van der Waals surface area contributed by atoms with E-state index in [9.17, 15) is 26.4 Å². The highest BCUT2D eigenvalue weighted by molar-refractivity contribution is 7.85. The molecule has 2 heterocycles. The Morgan fingerprint density at radius 2 is 1.81 bits per heavy atom. The lowest BCUT2D eigenvalue weighted by Gasteiger charge is -2.45. The summed E-state index contributed by atoms with van der Waals surface area (Å²) in [7, 11) is -5.02. The average Bonchev–Trinajstić information content (AvgIpc) is 2.90. The van der Waals surface area contributed by atoms with Crippen molar-refractivity contribution in [2.45, 2.75) is 24.1 Å². The molecule has 0 aliphatic carbocycles. The molecule has 0 aromatic heterocycles. The average molecular weight is 418 g/mol. The summed E-state index contributed by atoms with van der Waals surface area (Å²) in [6, 6.07) is 10.8. The van der Waals surface area contributed by atoms with Crippen LogP contribution in [0.25, 0.3) is 0 Å². The minimum absolute atomic E-state index is 0.00955. The summed E-state index contributed by atoms with van der Waals surface area (Å²) in [4.78, 5) is 12.5. The van der Waals surface area contributed by atoms with Gasteiger partial charge in [0.15, 0.2) is 11.3 Å². The van der Waals surface area contributed by atoms with Gasteiger partial charge in [0.25, 0.3) is 0 Å². The Morgan fingerprint density at radius 1 is 1.15 bits per heavy atom. The number of alkyl halides is 3. The Morgan fingerprint density at radius 3 is 2.44 bits per heavy atom. The number of rotatable bonds is 1. The zero-order valence-electron chi connectivity index (χ0n) is 13.4. The molecular weight excluding hydrogens is 407 g/mol. The normalized spacial score (nSPS) is 26.3. The van der Waals surface area contributed by atoms with Crippen molar-refractivity contribution in [1.29, 1.82) is 0 Å². The Balaban J connectivity index is 2.13. The van der Waals surface area contributed by atoms with E-state index in [1.807, 2.05) is 0 Å². The quantitative estimate of drug-likeness (QED) is 0.709. The van der Waals surface area contributed by atoms with Gasteiger partial charge in [0.05, 0.1) is 0 Å². The molecule has 142 valence electrons. The number of benzene rings is 2. The summed E-state index contributed by atoms with van der Waals surface area (Å²) in [5.74, 6) is -3.18. The largest absolute Gasteiger partial charge is 0.417 e. The molecule has 10 heteroatoms. The maximum Gasteiger partial charge on any atom is 0.417 e. The van der Waals surface area contributed by atoms with Crippen molar-refractivity contribution in [2.75, 3.05) is 0 Å². The maximum atomic E-state index is 14.6. The summed E-state index contributed by atoms with van der Waals surface area (Å²) in [5.41, 5.74) is -3.37. The topological polar surface area (TPSA) is 63.7 Å². The van der Waals surface area contributed by atoms with Crippen molar-refractivity contribution in [1.82, 2.24) is 4.31 Å². The van der Waals surface area contributed by atoms with Crippen LogP contribution in [0.4, 0.5) is 13.2 Å². The van der Waals surface area contributed by atoms with Crippen LogP contribution >= 0.6 is 11.6 Å². The second kappa shape index (κ2) is 5.62. The fraction of sp³-hybridized carbons (Fsp3) is 0.235. The van der Waals surface area contributed by atoms with E-state index in [0.717, 1.165) is 12.1 Å². The van der Waals surface area contributed by atoms with E-state index in [1.165, 1.54) is 30.3 Å². The monoisotopic (exact) mass is 417 g/mol. The van der Waals surface area contributed by atoms with E-state index in [2.05, 4.69) is 0 Å². The highest BCUT2D eigenvalue weighted by atomic mass is 35.5. The van der Waals surface area contributed by atoms with Crippen molar-refractivity contribution in [3.05, 3.63) is 64.7 Å². The predicted molar refractivity (Wildman–Crippen MR) is 89.4 cm³/mol. The van der Waals surface area contributed by atoms with Gasteiger partial charge in [-0.15, -0.1) is 0 Å². The molecule has 2 aliphatic rings. The number of amides is 1. The van der Waals surface area contributed by atoms with Crippen LogP contribution in [-0.4, -0.2) is 24.8 Å². The van der Waals surface area contributed by atoms with E-state index < -0.39 is 51.6 Å².